The molecule has 2 aliphatic rings. The number of rotatable bonds is 4. The summed E-state index contributed by atoms with van der Waals surface area (Å²) in [6.45, 7) is 7.91. The zero-order valence-corrected chi connectivity index (χ0v) is 11.1. The molecule has 4 heteroatoms. The second-order valence-electron chi connectivity index (χ2n) is 6.05. The minimum absolute atomic E-state index is 0.0798. The fourth-order valence-corrected chi connectivity index (χ4v) is 2.92. The number of piperidine rings is 1. The quantitative estimate of drug-likeness (QED) is 0.741. The molecule has 17 heavy (non-hydrogen) atoms. The van der Waals surface area contributed by atoms with Crippen molar-refractivity contribution in [1.29, 1.82) is 0 Å². The highest BCUT2D eigenvalue weighted by atomic mass is 16.3. The molecule has 0 radical (unpaired) electrons. The maximum absolute atomic E-state index is 9.16. The van der Waals surface area contributed by atoms with Gasteiger partial charge in [0.25, 0.3) is 0 Å². The van der Waals surface area contributed by atoms with Crippen LogP contribution >= 0.6 is 0 Å². The maximum Gasteiger partial charge on any atom is 0.0608 e. The van der Waals surface area contributed by atoms with Gasteiger partial charge in [0, 0.05) is 37.8 Å². The standard InChI is InChI=1S/C13H27N3O/c1-13(14,11-17)5-7-15-8-9-16-6-3-2-4-12(16)10-15/h12,17H,2-11,14H2,1H3. The molecule has 0 aromatic heterocycles. The number of nitrogens with two attached hydrogens (primary N) is 1. The van der Waals surface area contributed by atoms with Crippen LogP contribution in [-0.4, -0.2) is 65.8 Å². The van der Waals surface area contributed by atoms with Crippen LogP contribution in [0.1, 0.15) is 32.6 Å². The van der Waals surface area contributed by atoms with Gasteiger partial charge in [0.15, 0.2) is 0 Å². The van der Waals surface area contributed by atoms with E-state index in [2.05, 4.69) is 9.80 Å². The molecule has 0 aliphatic carbocycles. The Balaban J connectivity index is 1.76. The molecule has 2 unspecified atom stereocenters. The summed E-state index contributed by atoms with van der Waals surface area (Å²) in [5.74, 6) is 0. The van der Waals surface area contributed by atoms with E-state index in [9.17, 15) is 0 Å². The van der Waals surface area contributed by atoms with E-state index in [0.717, 1.165) is 25.6 Å². The summed E-state index contributed by atoms with van der Waals surface area (Å²) in [4.78, 5) is 5.17. The average Bonchev–Trinajstić information content (AvgIpc) is 2.36. The summed E-state index contributed by atoms with van der Waals surface area (Å²) in [5, 5.41) is 9.16. The van der Waals surface area contributed by atoms with Gasteiger partial charge in [-0.3, -0.25) is 4.90 Å². The third-order valence-electron chi connectivity index (χ3n) is 4.28. The smallest absolute Gasteiger partial charge is 0.0608 e. The van der Waals surface area contributed by atoms with Gasteiger partial charge in [0.05, 0.1) is 6.61 Å². The first-order valence-corrected chi connectivity index (χ1v) is 6.97. The molecule has 2 rings (SSSR count). The zero-order valence-electron chi connectivity index (χ0n) is 11.1. The lowest BCUT2D eigenvalue weighted by molar-refractivity contribution is 0.0441. The molecule has 0 bridgehead atoms. The van der Waals surface area contributed by atoms with Crippen molar-refractivity contribution in [3.05, 3.63) is 0 Å². The summed E-state index contributed by atoms with van der Waals surface area (Å²) >= 11 is 0. The van der Waals surface area contributed by atoms with Crippen LogP contribution in [0.25, 0.3) is 0 Å². The fraction of sp³-hybridized carbons (Fsp3) is 1.00. The second-order valence-corrected chi connectivity index (χ2v) is 6.05. The molecule has 2 heterocycles. The molecule has 2 atom stereocenters. The first-order valence-electron chi connectivity index (χ1n) is 6.97. The van der Waals surface area contributed by atoms with Gasteiger partial charge in [-0.25, -0.2) is 0 Å². The Kier molecular flexibility index (Phi) is 4.42. The number of aliphatic hydroxyl groups excluding tert-OH is 1. The Morgan fingerprint density at radius 1 is 1.29 bits per heavy atom. The van der Waals surface area contributed by atoms with Crippen molar-refractivity contribution >= 4 is 0 Å². The van der Waals surface area contributed by atoms with Crippen molar-refractivity contribution in [2.24, 2.45) is 5.73 Å². The van der Waals surface area contributed by atoms with Crippen molar-refractivity contribution in [2.45, 2.75) is 44.2 Å². The Labute approximate surface area is 105 Å². The van der Waals surface area contributed by atoms with Crippen LogP contribution in [0.5, 0.6) is 0 Å². The number of fused-ring (bicyclic) bond motifs is 1. The Hall–Kier alpha value is -0.160. The van der Waals surface area contributed by atoms with E-state index in [1.54, 1.807) is 0 Å². The van der Waals surface area contributed by atoms with Gasteiger partial charge in [0.1, 0.15) is 0 Å². The lowest BCUT2D eigenvalue weighted by Gasteiger charge is -2.44. The van der Waals surface area contributed by atoms with Gasteiger partial charge >= 0.3 is 0 Å². The molecule has 0 spiro atoms. The van der Waals surface area contributed by atoms with Crippen LogP contribution < -0.4 is 5.73 Å². The highest BCUT2D eigenvalue weighted by Crippen LogP contribution is 2.21. The van der Waals surface area contributed by atoms with Crippen molar-refractivity contribution in [2.75, 3.05) is 39.3 Å². The molecular weight excluding hydrogens is 214 g/mol. The fourth-order valence-electron chi connectivity index (χ4n) is 2.92. The monoisotopic (exact) mass is 241 g/mol. The van der Waals surface area contributed by atoms with Crippen LogP contribution in [0.3, 0.4) is 0 Å². The van der Waals surface area contributed by atoms with Gasteiger partial charge in [-0.1, -0.05) is 6.42 Å². The van der Waals surface area contributed by atoms with Gasteiger partial charge in [-0.2, -0.15) is 0 Å². The van der Waals surface area contributed by atoms with E-state index in [4.69, 9.17) is 10.8 Å². The minimum Gasteiger partial charge on any atom is -0.394 e. The number of hydrogen-bond donors (Lipinski definition) is 2. The summed E-state index contributed by atoms with van der Waals surface area (Å²) in [7, 11) is 0. The summed E-state index contributed by atoms with van der Waals surface area (Å²) < 4.78 is 0. The van der Waals surface area contributed by atoms with Crippen LogP contribution in [0.15, 0.2) is 0 Å². The van der Waals surface area contributed by atoms with Crippen LogP contribution in [0.4, 0.5) is 0 Å². The van der Waals surface area contributed by atoms with Crippen molar-refractivity contribution < 1.29 is 5.11 Å². The van der Waals surface area contributed by atoms with Gasteiger partial charge < -0.3 is 15.7 Å². The zero-order chi connectivity index (χ0) is 12.3. The predicted octanol–water partition coefficient (Wildman–Crippen LogP) is 0.256. The highest BCUT2D eigenvalue weighted by Gasteiger charge is 2.29. The SMILES string of the molecule is CC(N)(CO)CCN1CCN2CCCCC2C1. The normalized spacial score (nSPS) is 30.9. The molecule has 3 N–H and O–H groups in total. The average molecular weight is 241 g/mol. The molecule has 0 amide bonds. The molecule has 0 aromatic rings. The summed E-state index contributed by atoms with van der Waals surface area (Å²) in [5.41, 5.74) is 5.56. The maximum atomic E-state index is 9.16. The molecule has 0 saturated carbocycles. The van der Waals surface area contributed by atoms with Gasteiger partial charge in [-0.05, 0) is 32.7 Å². The van der Waals surface area contributed by atoms with E-state index >= 15 is 0 Å². The van der Waals surface area contributed by atoms with E-state index in [1.807, 2.05) is 6.92 Å². The molecular formula is C13H27N3O. The molecule has 2 fully saturated rings. The Morgan fingerprint density at radius 3 is 2.88 bits per heavy atom. The Bertz CT molecular complexity index is 245. The van der Waals surface area contributed by atoms with Crippen molar-refractivity contribution in [3.8, 4) is 0 Å². The van der Waals surface area contributed by atoms with Crippen molar-refractivity contribution in [1.82, 2.24) is 9.80 Å². The van der Waals surface area contributed by atoms with Crippen LogP contribution in [0, 0.1) is 0 Å². The molecule has 0 aromatic carbocycles. The van der Waals surface area contributed by atoms with E-state index in [0.29, 0.717) is 0 Å². The number of nitrogens with zero attached hydrogens (tertiary/aromatic N) is 2. The van der Waals surface area contributed by atoms with E-state index in [-0.39, 0.29) is 6.61 Å². The third kappa shape index (κ3) is 3.65. The van der Waals surface area contributed by atoms with Crippen LogP contribution in [-0.2, 0) is 0 Å². The van der Waals surface area contributed by atoms with E-state index in [1.165, 1.54) is 38.9 Å². The third-order valence-corrected chi connectivity index (χ3v) is 4.28. The van der Waals surface area contributed by atoms with Gasteiger partial charge in [-0.15, -0.1) is 0 Å². The Morgan fingerprint density at radius 2 is 2.12 bits per heavy atom. The first-order chi connectivity index (χ1) is 8.11. The van der Waals surface area contributed by atoms with Crippen molar-refractivity contribution in [3.63, 3.8) is 0 Å². The number of aliphatic hydroxyl groups is 1. The summed E-state index contributed by atoms with van der Waals surface area (Å²) in [6, 6.07) is 0.774. The van der Waals surface area contributed by atoms with Crippen LogP contribution in [0.2, 0.25) is 0 Å². The summed E-state index contributed by atoms with van der Waals surface area (Å²) in [6.07, 6.45) is 5.01. The number of piperazine rings is 1. The lowest BCUT2D eigenvalue weighted by atomic mass is 9.97. The second kappa shape index (κ2) is 5.65. The molecule has 4 nitrogen and oxygen atoms in total. The molecule has 2 saturated heterocycles. The molecule has 100 valence electrons. The highest BCUT2D eigenvalue weighted by molar-refractivity contribution is 4.86. The largest absolute Gasteiger partial charge is 0.394 e. The minimum atomic E-state index is -0.413. The molecule has 2 aliphatic heterocycles. The predicted molar refractivity (Wildman–Crippen MR) is 69.9 cm³/mol. The van der Waals surface area contributed by atoms with Gasteiger partial charge in [0.2, 0.25) is 0 Å². The topological polar surface area (TPSA) is 52.7 Å². The lowest BCUT2D eigenvalue weighted by Crippen LogP contribution is -2.55. The first kappa shape index (κ1) is 13.3. The van der Waals surface area contributed by atoms with E-state index < -0.39 is 5.54 Å². The number of hydrogen-bond acceptors (Lipinski definition) is 4.